The molecule has 0 N–H and O–H groups in total. The third-order valence-electron chi connectivity index (χ3n) is 2.71. The first kappa shape index (κ1) is 13.7. The molecule has 0 unspecified atom stereocenters. The van der Waals surface area contributed by atoms with Gasteiger partial charge in [0.2, 0.25) is 0 Å². The number of hydrogen-bond donors (Lipinski definition) is 0. The molecule has 1 rings (SSSR count). The average molecular weight is 259 g/mol. The van der Waals surface area contributed by atoms with E-state index in [2.05, 4.69) is 13.8 Å². The van der Waals surface area contributed by atoms with Crippen LogP contribution >= 0.6 is 22.9 Å². The number of ketones is 1. The van der Waals surface area contributed by atoms with E-state index in [1.807, 2.05) is 12.1 Å². The fraction of sp³-hybridized carbons (Fsp3) is 0.615. The highest BCUT2D eigenvalue weighted by atomic mass is 35.5. The number of halogens is 1. The molecule has 90 valence electrons. The van der Waals surface area contributed by atoms with Crippen molar-refractivity contribution in [1.29, 1.82) is 0 Å². The summed E-state index contributed by atoms with van der Waals surface area (Å²) in [4.78, 5) is 13.2. The lowest BCUT2D eigenvalue weighted by atomic mass is 9.92. The lowest BCUT2D eigenvalue weighted by Crippen LogP contribution is -2.16. The molecule has 0 aliphatic carbocycles. The van der Waals surface area contributed by atoms with Gasteiger partial charge in [0.15, 0.2) is 0 Å². The number of rotatable bonds is 7. The largest absolute Gasteiger partial charge is 0.299 e. The highest BCUT2D eigenvalue weighted by molar-refractivity contribution is 7.16. The number of carbonyl (C=O) groups is 1. The van der Waals surface area contributed by atoms with E-state index in [9.17, 15) is 4.79 Å². The molecule has 0 radical (unpaired) electrons. The molecule has 0 saturated heterocycles. The molecule has 3 heteroatoms. The zero-order chi connectivity index (χ0) is 12.0. The van der Waals surface area contributed by atoms with Crippen molar-refractivity contribution >= 4 is 28.7 Å². The average Bonchev–Trinajstić information content (AvgIpc) is 2.63. The number of thiophene rings is 1. The van der Waals surface area contributed by atoms with Crippen LogP contribution in [0.25, 0.3) is 0 Å². The Hall–Kier alpha value is -0.340. The molecule has 0 fully saturated rings. The molecule has 0 aliphatic heterocycles. The van der Waals surface area contributed by atoms with Crippen molar-refractivity contribution < 1.29 is 4.79 Å². The second-order valence-corrected chi connectivity index (χ2v) is 5.92. The Balaban J connectivity index is 2.54. The Morgan fingerprint density at radius 1 is 1.31 bits per heavy atom. The molecule has 0 spiro atoms. The molecule has 0 amide bonds. The van der Waals surface area contributed by atoms with Gasteiger partial charge in [-0.2, -0.15) is 0 Å². The van der Waals surface area contributed by atoms with Gasteiger partial charge in [0.25, 0.3) is 0 Å². The monoisotopic (exact) mass is 258 g/mol. The van der Waals surface area contributed by atoms with Gasteiger partial charge in [-0.25, -0.2) is 0 Å². The standard InChI is InChI=1S/C13H19ClOS/c1-3-5-10(6-4-2)12(15)9-11-7-8-13(14)16-11/h7-8,10H,3-6,9H2,1-2H3. The Morgan fingerprint density at radius 3 is 2.38 bits per heavy atom. The van der Waals surface area contributed by atoms with Gasteiger partial charge in [-0.1, -0.05) is 38.3 Å². The van der Waals surface area contributed by atoms with Crippen LogP contribution in [0.2, 0.25) is 4.34 Å². The van der Waals surface area contributed by atoms with Crippen molar-refractivity contribution in [2.75, 3.05) is 0 Å². The summed E-state index contributed by atoms with van der Waals surface area (Å²) in [6.07, 6.45) is 4.77. The van der Waals surface area contributed by atoms with Crippen molar-refractivity contribution in [3.63, 3.8) is 0 Å². The molecular formula is C13H19ClOS. The smallest absolute Gasteiger partial charge is 0.141 e. The van der Waals surface area contributed by atoms with Gasteiger partial charge in [-0.05, 0) is 25.0 Å². The first-order chi connectivity index (χ1) is 7.67. The second-order valence-electron chi connectivity index (χ2n) is 4.12. The summed E-state index contributed by atoms with van der Waals surface area (Å²) < 4.78 is 0.769. The molecule has 1 nitrogen and oxygen atoms in total. The van der Waals surface area contributed by atoms with Crippen LogP contribution in [0.4, 0.5) is 0 Å². The van der Waals surface area contributed by atoms with Gasteiger partial charge >= 0.3 is 0 Å². The third kappa shape index (κ3) is 4.26. The molecule has 0 aromatic carbocycles. The van der Waals surface area contributed by atoms with E-state index in [0.717, 1.165) is 34.9 Å². The minimum atomic E-state index is 0.246. The Labute approximate surface area is 107 Å². The van der Waals surface area contributed by atoms with Crippen molar-refractivity contribution in [3.05, 3.63) is 21.3 Å². The van der Waals surface area contributed by atoms with E-state index in [4.69, 9.17) is 11.6 Å². The maximum atomic E-state index is 12.1. The summed E-state index contributed by atoms with van der Waals surface area (Å²) >= 11 is 7.37. The highest BCUT2D eigenvalue weighted by Crippen LogP contribution is 2.24. The first-order valence-electron chi connectivity index (χ1n) is 5.94. The van der Waals surface area contributed by atoms with Crippen molar-refractivity contribution in [1.82, 2.24) is 0 Å². The zero-order valence-corrected chi connectivity index (χ0v) is 11.5. The minimum Gasteiger partial charge on any atom is -0.299 e. The van der Waals surface area contributed by atoms with Gasteiger partial charge in [0, 0.05) is 17.2 Å². The molecule has 1 aromatic rings. The van der Waals surface area contributed by atoms with Crippen LogP contribution in [0, 0.1) is 5.92 Å². The van der Waals surface area contributed by atoms with E-state index in [0.29, 0.717) is 12.2 Å². The summed E-state index contributed by atoms with van der Waals surface area (Å²) in [7, 11) is 0. The van der Waals surface area contributed by atoms with E-state index >= 15 is 0 Å². The Kier molecular flexibility index (Phi) is 6.07. The van der Waals surface area contributed by atoms with Crippen LogP contribution in [-0.4, -0.2) is 5.78 Å². The molecule has 16 heavy (non-hydrogen) atoms. The summed E-state index contributed by atoms with van der Waals surface area (Å²) in [5.74, 6) is 0.623. The molecule has 1 heterocycles. The van der Waals surface area contributed by atoms with E-state index in [-0.39, 0.29) is 5.92 Å². The van der Waals surface area contributed by atoms with Crippen molar-refractivity contribution in [3.8, 4) is 0 Å². The van der Waals surface area contributed by atoms with Gasteiger partial charge in [-0.3, -0.25) is 4.79 Å². The first-order valence-corrected chi connectivity index (χ1v) is 7.13. The van der Waals surface area contributed by atoms with E-state index in [1.54, 1.807) is 0 Å². The zero-order valence-electron chi connectivity index (χ0n) is 9.96. The lowest BCUT2D eigenvalue weighted by molar-refractivity contribution is -0.122. The topological polar surface area (TPSA) is 17.1 Å². The Bertz CT molecular complexity index is 326. The second kappa shape index (κ2) is 7.08. The maximum absolute atomic E-state index is 12.1. The Morgan fingerprint density at radius 2 is 1.94 bits per heavy atom. The number of Topliss-reactive ketones (excluding diaryl/α,β-unsaturated/α-hetero) is 1. The van der Waals surface area contributed by atoms with Crippen LogP contribution in [0.5, 0.6) is 0 Å². The summed E-state index contributed by atoms with van der Waals surface area (Å²) in [6.45, 7) is 4.27. The lowest BCUT2D eigenvalue weighted by Gasteiger charge is -2.13. The normalized spacial score (nSPS) is 11.0. The van der Waals surface area contributed by atoms with Gasteiger partial charge in [-0.15, -0.1) is 11.3 Å². The molecule has 0 saturated carbocycles. The van der Waals surface area contributed by atoms with Gasteiger partial charge in [0.05, 0.1) is 4.34 Å². The van der Waals surface area contributed by atoms with Gasteiger partial charge < -0.3 is 0 Å². The molecule has 0 atom stereocenters. The van der Waals surface area contributed by atoms with E-state index < -0.39 is 0 Å². The minimum absolute atomic E-state index is 0.246. The quantitative estimate of drug-likeness (QED) is 0.691. The van der Waals surface area contributed by atoms with Gasteiger partial charge in [0.1, 0.15) is 5.78 Å². The molecule has 0 aliphatic rings. The SMILES string of the molecule is CCCC(CCC)C(=O)Cc1ccc(Cl)s1. The van der Waals surface area contributed by atoms with Crippen molar-refractivity contribution in [2.45, 2.75) is 46.0 Å². The maximum Gasteiger partial charge on any atom is 0.141 e. The predicted molar refractivity (Wildman–Crippen MR) is 71.3 cm³/mol. The number of hydrogen-bond acceptors (Lipinski definition) is 2. The summed E-state index contributed by atoms with van der Waals surface area (Å²) in [6, 6.07) is 3.82. The predicted octanol–water partition coefficient (Wildman–Crippen LogP) is 4.73. The van der Waals surface area contributed by atoms with Crippen molar-refractivity contribution in [2.24, 2.45) is 5.92 Å². The van der Waals surface area contributed by atoms with E-state index in [1.165, 1.54) is 11.3 Å². The fourth-order valence-electron chi connectivity index (χ4n) is 1.93. The fourth-order valence-corrected chi connectivity index (χ4v) is 3.02. The highest BCUT2D eigenvalue weighted by Gasteiger charge is 2.17. The molecular weight excluding hydrogens is 240 g/mol. The molecule has 0 bridgehead atoms. The van der Waals surface area contributed by atoms with Crippen LogP contribution in [0.15, 0.2) is 12.1 Å². The van der Waals surface area contributed by atoms with Crippen LogP contribution < -0.4 is 0 Å². The van der Waals surface area contributed by atoms with Crippen LogP contribution in [-0.2, 0) is 11.2 Å². The third-order valence-corrected chi connectivity index (χ3v) is 3.94. The summed E-state index contributed by atoms with van der Waals surface area (Å²) in [5.41, 5.74) is 0. The van der Waals surface area contributed by atoms with Crippen LogP contribution in [0.3, 0.4) is 0 Å². The van der Waals surface area contributed by atoms with Crippen LogP contribution in [0.1, 0.15) is 44.4 Å². The number of carbonyl (C=O) groups excluding carboxylic acids is 1. The summed E-state index contributed by atoms with van der Waals surface area (Å²) in [5, 5.41) is 0. The molecule has 1 aromatic heterocycles.